The monoisotopic (exact) mass is 531 g/mol. The van der Waals surface area contributed by atoms with E-state index in [2.05, 4.69) is 0 Å². The van der Waals surface area contributed by atoms with Crippen molar-refractivity contribution in [1.82, 2.24) is 4.31 Å². The molecule has 1 saturated carbocycles. The van der Waals surface area contributed by atoms with Crippen molar-refractivity contribution in [3.05, 3.63) is 77.4 Å². The second kappa shape index (κ2) is 8.88. The van der Waals surface area contributed by atoms with Crippen LogP contribution in [0.25, 0.3) is 11.1 Å². The van der Waals surface area contributed by atoms with Gasteiger partial charge in [-0.05, 0) is 65.4 Å². The van der Waals surface area contributed by atoms with Crippen LogP contribution in [0, 0.1) is 0 Å². The van der Waals surface area contributed by atoms with Gasteiger partial charge in [-0.1, -0.05) is 30.3 Å². The minimum Gasteiger partial charge on any atom is -0.454 e. The number of ketones is 1. The van der Waals surface area contributed by atoms with Crippen LogP contribution in [-0.4, -0.2) is 39.4 Å². The molecule has 0 atom stereocenters. The first-order valence-corrected chi connectivity index (χ1v) is 13.0. The maximum absolute atomic E-state index is 14.1. The zero-order valence-electron chi connectivity index (χ0n) is 20.1. The Hall–Kier alpha value is -3.37. The number of Topliss-reactive ketones (excluding diaryl/α,β-unsaturated/α-hetero) is 1. The number of sulfonamides is 1. The Balaban J connectivity index is 1.43. The number of halogens is 3. The number of carbonyl (C=O) groups is 1. The van der Waals surface area contributed by atoms with Gasteiger partial charge in [0.1, 0.15) is 5.78 Å². The van der Waals surface area contributed by atoms with Gasteiger partial charge in [0, 0.05) is 20.5 Å². The average molecular weight is 532 g/mol. The zero-order chi connectivity index (χ0) is 26.6. The van der Waals surface area contributed by atoms with Gasteiger partial charge >= 0.3 is 6.18 Å². The first-order valence-electron chi connectivity index (χ1n) is 11.6. The van der Waals surface area contributed by atoms with E-state index in [-0.39, 0.29) is 40.6 Å². The van der Waals surface area contributed by atoms with Crippen LogP contribution in [0.3, 0.4) is 0 Å². The van der Waals surface area contributed by atoms with Gasteiger partial charge in [-0.25, -0.2) is 12.7 Å². The molecule has 1 aliphatic carbocycles. The van der Waals surface area contributed by atoms with E-state index in [9.17, 15) is 26.4 Å². The maximum Gasteiger partial charge on any atom is 0.417 e. The molecule has 5 rings (SSSR count). The molecule has 37 heavy (non-hydrogen) atoms. The molecular weight excluding hydrogens is 507 g/mol. The van der Waals surface area contributed by atoms with Crippen LogP contribution in [0.5, 0.6) is 11.5 Å². The van der Waals surface area contributed by atoms with Crippen molar-refractivity contribution in [3.63, 3.8) is 0 Å². The number of alkyl halides is 3. The Morgan fingerprint density at radius 3 is 2.24 bits per heavy atom. The fraction of sp³-hybridized carbons (Fsp3) is 0.296. The number of hydrogen-bond acceptors (Lipinski definition) is 5. The van der Waals surface area contributed by atoms with Crippen LogP contribution in [0.2, 0.25) is 0 Å². The summed E-state index contributed by atoms with van der Waals surface area (Å²) in [4.78, 5) is 13.3. The second-order valence-electron chi connectivity index (χ2n) is 9.44. The molecule has 2 aliphatic rings. The molecule has 1 heterocycles. The normalized spacial score (nSPS) is 16.2. The largest absolute Gasteiger partial charge is 0.454 e. The SMILES string of the molecule is CN(C)S(=O)(=O)c1ccc(-c2ccc(CC(=O)C3(c4ccc5c(c4)OCO5)CC3)cc2C(F)(F)F)cc1. The van der Waals surface area contributed by atoms with Gasteiger partial charge in [0.05, 0.1) is 15.9 Å². The van der Waals surface area contributed by atoms with Crippen molar-refractivity contribution in [3.8, 4) is 22.6 Å². The maximum atomic E-state index is 14.1. The third-order valence-corrected chi connectivity index (χ3v) is 8.74. The molecule has 0 saturated heterocycles. The minimum absolute atomic E-state index is 0.0183. The Kier molecular flexibility index (Phi) is 6.07. The van der Waals surface area contributed by atoms with Gasteiger partial charge in [0.2, 0.25) is 16.8 Å². The van der Waals surface area contributed by atoms with Gasteiger partial charge in [-0.2, -0.15) is 13.2 Å². The van der Waals surface area contributed by atoms with Crippen molar-refractivity contribution in [1.29, 1.82) is 0 Å². The number of hydrogen-bond donors (Lipinski definition) is 0. The van der Waals surface area contributed by atoms with Crippen LogP contribution < -0.4 is 9.47 Å². The number of rotatable bonds is 7. The van der Waals surface area contributed by atoms with E-state index < -0.39 is 27.2 Å². The molecule has 0 radical (unpaired) electrons. The summed E-state index contributed by atoms with van der Waals surface area (Å²) in [6.07, 6.45) is -3.56. The molecule has 0 amide bonds. The minimum atomic E-state index is -4.67. The molecule has 194 valence electrons. The Morgan fingerprint density at radius 1 is 0.946 bits per heavy atom. The van der Waals surface area contributed by atoms with E-state index in [4.69, 9.17) is 9.47 Å². The highest BCUT2D eigenvalue weighted by Crippen LogP contribution is 2.51. The van der Waals surface area contributed by atoms with Crippen LogP contribution in [-0.2, 0) is 32.8 Å². The summed E-state index contributed by atoms with van der Waals surface area (Å²) in [7, 11) is -0.954. The van der Waals surface area contributed by atoms with Gasteiger partial charge in [-0.15, -0.1) is 0 Å². The van der Waals surface area contributed by atoms with E-state index in [1.54, 1.807) is 12.1 Å². The lowest BCUT2D eigenvalue weighted by atomic mass is 9.87. The standard InChI is InChI=1S/C27H24F3NO5S/c1-31(2)37(33,34)20-7-4-18(5-8-20)21-9-3-17(13-22(21)27(28,29)30)14-25(32)26(11-12-26)19-6-10-23-24(15-19)36-16-35-23/h3-10,13,15H,11-12,14,16H2,1-2H3. The van der Waals surface area contributed by atoms with E-state index in [0.29, 0.717) is 24.3 Å². The highest BCUT2D eigenvalue weighted by atomic mass is 32.2. The number of nitrogens with zero attached hydrogens (tertiary/aromatic N) is 1. The fourth-order valence-electron chi connectivity index (χ4n) is 4.61. The summed E-state index contributed by atoms with van der Waals surface area (Å²) in [5, 5.41) is 0. The quantitative estimate of drug-likeness (QED) is 0.419. The predicted molar refractivity (Wildman–Crippen MR) is 130 cm³/mol. The number of ether oxygens (including phenoxy) is 2. The zero-order valence-corrected chi connectivity index (χ0v) is 20.9. The summed E-state index contributed by atoms with van der Waals surface area (Å²) < 4.78 is 78.5. The molecule has 0 N–H and O–H groups in total. The van der Waals surface area contributed by atoms with Gasteiger partial charge in [0.25, 0.3) is 0 Å². The molecule has 1 aliphatic heterocycles. The lowest BCUT2D eigenvalue weighted by molar-refractivity contribution is -0.137. The summed E-state index contributed by atoms with van der Waals surface area (Å²) >= 11 is 0. The smallest absolute Gasteiger partial charge is 0.417 e. The van der Waals surface area contributed by atoms with Crippen LogP contribution in [0.4, 0.5) is 13.2 Å². The fourth-order valence-corrected chi connectivity index (χ4v) is 5.51. The van der Waals surface area contributed by atoms with E-state index in [1.807, 2.05) is 6.07 Å². The molecule has 1 fully saturated rings. The molecule has 0 spiro atoms. The predicted octanol–water partition coefficient (Wildman–Crippen LogP) is 5.19. The Bertz CT molecular complexity index is 1480. The van der Waals surface area contributed by atoms with Crippen LogP contribution in [0.1, 0.15) is 29.5 Å². The molecule has 0 aromatic heterocycles. The van der Waals surface area contributed by atoms with Crippen molar-refractivity contribution >= 4 is 15.8 Å². The molecule has 0 unspecified atom stereocenters. The number of fused-ring (bicyclic) bond motifs is 1. The van der Waals surface area contributed by atoms with Gasteiger partial charge in [-0.3, -0.25) is 4.79 Å². The third kappa shape index (κ3) is 4.59. The molecular formula is C27H24F3NO5S. The van der Waals surface area contributed by atoms with Crippen LogP contribution in [0.15, 0.2) is 65.6 Å². The van der Waals surface area contributed by atoms with E-state index in [1.165, 1.54) is 50.5 Å². The lowest BCUT2D eigenvalue weighted by Crippen LogP contribution is -2.23. The lowest BCUT2D eigenvalue weighted by Gasteiger charge is -2.18. The second-order valence-corrected chi connectivity index (χ2v) is 11.6. The summed E-state index contributed by atoms with van der Waals surface area (Å²) in [5.41, 5.74) is -0.432. The van der Waals surface area contributed by atoms with Crippen LogP contribution >= 0.6 is 0 Å². The first-order chi connectivity index (χ1) is 17.4. The molecule has 10 heteroatoms. The van der Waals surface area contributed by atoms with Crippen molar-refractivity contribution in [2.75, 3.05) is 20.9 Å². The van der Waals surface area contributed by atoms with E-state index >= 15 is 0 Å². The van der Waals surface area contributed by atoms with Gasteiger partial charge < -0.3 is 9.47 Å². The summed E-state index contributed by atoms with van der Waals surface area (Å²) in [5.74, 6) is 1.01. The van der Waals surface area contributed by atoms with Crippen molar-refractivity contribution in [2.45, 2.75) is 35.7 Å². The topological polar surface area (TPSA) is 72.9 Å². The highest BCUT2D eigenvalue weighted by molar-refractivity contribution is 7.89. The summed E-state index contributed by atoms with van der Waals surface area (Å²) in [6.45, 7) is 0.112. The number of carbonyl (C=O) groups excluding carboxylic acids is 1. The van der Waals surface area contributed by atoms with Crippen molar-refractivity contribution in [2.24, 2.45) is 0 Å². The third-order valence-electron chi connectivity index (χ3n) is 6.91. The highest BCUT2D eigenvalue weighted by Gasteiger charge is 2.51. The molecule has 3 aromatic rings. The molecule has 6 nitrogen and oxygen atoms in total. The van der Waals surface area contributed by atoms with Crippen molar-refractivity contribution < 1.29 is 35.9 Å². The first kappa shape index (κ1) is 25.3. The number of benzene rings is 3. The van der Waals surface area contributed by atoms with Gasteiger partial charge in [0.15, 0.2) is 11.5 Å². The molecule has 3 aromatic carbocycles. The molecule has 0 bridgehead atoms. The Morgan fingerprint density at radius 2 is 1.62 bits per heavy atom. The summed E-state index contributed by atoms with van der Waals surface area (Å²) in [6, 6.07) is 14.5. The Labute approximate surface area is 212 Å². The average Bonchev–Trinajstić information content (AvgIpc) is 3.54. The van der Waals surface area contributed by atoms with E-state index in [0.717, 1.165) is 15.9 Å².